The number of nitrogens with zero attached hydrogens (tertiary/aromatic N) is 6. The molecule has 1 fully saturated rings. The summed E-state index contributed by atoms with van der Waals surface area (Å²) < 4.78 is 1.90. The maximum Gasteiger partial charge on any atom is 0.137 e. The number of aromatic nitrogens is 5. The van der Waals surface area contributed by atoms with Crippen LogP contribution >= 0.6 is 11.3 Å². The van der Waals surface area contributed by atoms with Crippen molar-refractivity contribution in [3.05, 3.63) is 41.9 Å². The van der Waals surface area contributed by atoms with Gasteiger partial charge in [0, 0.05) is 50.3 Å². The smallest absolute Gasteiger partial charge is 0.137 e. The number of piperazine rings is 1. The van der Waals surface area contributed by atoms with Crippen LogP contribution in [-0.4, -0.2) is 67.5 Å². The lowest BCUT2D eigenvalue weighted by Gasteiger charge is -2.34. The van der Waals surface area contributed by atoms with E-state index in [9.17, 15) is 0 Å². The largest absolute Gasteiger partial charge is 0.299 e. The van der Waals surface area contributed by atoms with Crippen LogP contribution < -0.4 is 0 Å². The van der Waals surface area contributed by atoms with Gasteiger partial charge >= 0.3 is 0 Å². The van der Waals surface area contributed by atoms with Crippen LogP contribution in [0.4, 0.5) is 0 Å². The molecule has 1 aliphatic heterocycles. The van der Waals surface area contributed by atoms with Crippen molar-refractivity contribution in [2.24, 2.45) is 0 Å². The number of H-pyrrole nitrogens is 1. The van der Waals surface area contributed by atoms with Crippen LogP contribution in [-0.2, 0) is 13.1 Å². The topological polar surface area (TPSA) is 65.9 Å². The highest BCUT2D eigenvalue weighted by molar-refractivity contribution is 7.15. The Morgan fingerprint density at radius 1 is 1.04 bits per heavy atom. The van der Waals surface area contributed by atoms with Crippen LogP contribution in [0.15, 0.2) is 37.1 Å². The van der Waals surface area contributed by atoms with Gasteiger partial charge in [-0.3, -0.25) is 19.6 Å². The first-order valence-corrected chi connectivity index (χ1v) is 9.04. The minimum absolute atomic E-state index is 0.915. The van der Waals surface area contributed by atoms with E-state index in [0.29, 0.717) is 0 Å². The third kappa shape index (κ3) is 3.72. The lowest BCUT2D eigenvalue weighted by atomic mass is 10.3. The van der Waals surface area contributed by atoms with Crippen LogP contribution in [0.5, 0.6) is 0 Å². The molecule has 3 aromatic rings. The molecule has 1 N–H and O–H groups in total. The molecule has 1 aliphatic rings. The van der Waals surface area contributed by atoms with Crippen LogP contribution in [0.2, 0.25) is 0 Å². The predicted octanol–water partition coefficient (Wildman–Crippen LogP) is 1.55. The van der Waals surface area contributed by atoms with E-state index in [4.69, 9.17) is 0 Å². The van der Waals surface area contributed by atoms with Crippen molar-refractivity contribution in [1.82, 2.24) is 34.8 Å². The number of rotatable bonds is 6. The lowest BCUT2D eigenvalue weighted by molar-refractivity contribution is 0.124. The number of hydrogen-bond donors (Lipinski definition) is 1. The van der Waals surface area contributed by atoms with Crippen molar-refractivity contribution < 1.29 is 0 Å². The van der Waals surface area contributed by atoms with Crippen LogP contribution in [0.3, 0.4) is 0 Å². The molecule has 0 radical (unpaired) electrons. The quantitative estimate of drug-likeness (QED) is 0.736. The summed E-state index contributed by atoms with van der Waals surface area (Å²) in [5.74, 6) is 0. The average Bonchev–Trinajstić information content (AvgIpc) is 3.36. The number of aromatic amines is 1. The molecule has 0 aliphatic carbocycles. The molecule has 4 heterocycles. The molecule has 126 valence electrons. The molecule has 0 bridgehead atoms. The molecule has 7 nitrogen and oxygen atoms in total. The van der Waals surface area contributed by atoms with E-state index in [1.54, 1.807) is 18.9 Å². The van der Waals surface area contributed by atoms with Gasteiger partial charge in [-0.15, -0.1) is 11.3 Å². The number of hydrogen-bond acceptors (Lipinski definition) is 6. The molecule has 0 atom stereocenters. The summed E-state index contributed by atoms with van der Waals surface area (Å²) in [5, 5.41) is 11.2. The Balaban J connectivity index is 1.24. The first-order chi connectivity index (χ1) is 11.9. The highest BCUT2D eigenvalue weighted by Crippen LogP contribution is 2.27. The van der Waals surface area contributed by atoms with Crippen molar-refractivity contribution in [2.75, 3.05) is 32.7 Å². The van der Waals surface area contributed by atoms with E-state index in [1.807, 2.05) is 22.1 Å². The Bertz CT molecular complexity index is 726. The van der Waals surface area contributed by atoms with Crippen molar-refractivity contribution >= 4 is 11.3 Å². The summed E-state index contributed by atoms with van der Waals surface area (Å²) in [7, 11) is 0. The van der Waals surface area contributed by atoms with E-state index in [2.05, 4.69) is 42.2 Å². The normalized spacial score (nSPS) is 16.7. The molecule has 0 amide bonds. The minimum atomic E-state index is 0.915. The summed E-state index contributed by atoms with van der Waals surface area (Å²) in [5.41, 5.74) is 1.10. The van der Waals surface area contributed by atoms with Gasteiger partial charge in [-0.2, -0.15) is 10.2 Å². The molecule has 3 aromatic heterocycles. The van der Waals surface area contributed by atoms with Gasteiger partial charge in [-0.1, -0.05) is 0 Å². The second kappa shape index (κ2) is 7.25. The van der Waals surface area contributed by atoms with Gasteiger partial charge in [0.05, 0.1) is 17.1 Å². The predicted molar refractivity (Wildman–Crippen MR) is 93.6 cm³/mol. The molecule has 0 unspecified atom stereocenters. The molecule has 0 aromatic carbocycles. The van der Waals surface area contributed by atoms with Gasteiger partial charge in [0.15, 0.2) is 0 Å². The average molecular weight is 343 g/mol. The maximum atomic E-state index is 4.16. The van der Waals surface area contributed by atoms with Gasteiger partial charge in [-0.25, -0.2) is 4.98 Å². The van der Waals surface area contributed by atoms with Gasteiger partial charge in [-0.05, 0) is 18.2 Å². The van der Waals surface area contributed by atoms with E-state index in [1.165, 1.54) is 9.75 Å². The highest BCUT2D eigenvalue weighted by atomic mass is 32.1. The molecule has 4 rings (SSSR count). The third-order valence-corrected chi connectivity index (χ3v) is 5.49. The van der Waals surface area contributed by atoms with E-state index < -0.39 is 0 Å². The molecular formula is C16H21N7S. The van der Waals surface area contributed by atoms with Crippen LogP contribution in [0, 0.1) is 0 Å². The zero-order valence-corrected chi connectivity index (χ0v) is 14.3. The maximum absolute atomic E-state index is 4.16. The first-order valence-electron chi connectivity index (χ1n) is 8.22. The Morgan fingerprint density at radius 2 is 1.92 bits per heavy atom. The van der Waals surface area contributed by atoms with Gasteiger partial charge in [0.1, 0.15) is 12.7 Å². The molecule has 24 heavy (non-hydrogen) atoms. The fourth-order valence-corrected chi connectivity index (χ4v) is 4.01. The van der Waals surface area contributed by atoms with Crippen molar-refractivity contribution in [3.8, 4) is 10.6 Å². The van der Waals surface area contributed by atoms with Crippen LogP contribution in [0.25, 0.3) is 10.6 Å². The summed E-state index contributed by atoms with van der Waals surface area (Å²) in [6.07, 6.45) is 5.17. The van der Waals surface area contributed by atoms with Crippen molar-refractivity contribution in [3.63, 3.8) is 0 Å². The number of nitrogens with one attached hydrogen (secondary N) is 1. The zero-order chi connectivity index (χ0) is 16.2. The summed E-state index contributed by atoms with van der Waals surface area (Å²) in [6, 6.07) is 6.43. The zero-order valence-electron chi connectivity index (χ0n) is 13.5. The number of thiophene rings is 1. The monoisotopic (exact) mass is 343 g/mol. The van der Waals surface area contributed by atoms with E-state index >= 15 is 0 Å². The fraction of sp³-hybridized carbons (Fsp3) is 0.438. The van der Waals surface area contributed by atoms with E-state index in [-0.39, 0.29) is 0 Å². The third-order valence-electron chi connectivity index (χ3n) is 4.38. The van der Waals surface area contributed by atoms with Crippen LogP contribution in [0.1, 0.15) is 4.88 Å². The Morgan fingerprint density at radius 3 is 2.67 bits per heavy atom. The summed E-state index contributed by atoms with van der Waals surface area (Å²) in [4.78, 5) is 11.7. The second-order valence-corrected chi connectivity index (χ2v) is 7.18. The Hall–Kier alpha value is -2.03. The standard InChI is InChI=1S/C16H21N7S/c1-2-16(15-3-4-18-20-15)24-14(1)11-22-7-5-21(6-8-22)9-10-23-13-17-12-19-23/h1-4,12-13H,5-11H2,(H,18,20). The fourth-order valence-electron chi connectivity index (χ4n) is 2.98. The lowest BCUT2D eigenvalue weighted by Crippen LogP contribution is -2.46. The molecule has 0 spiro atoms. The Labute approximate surface area is 144 Å². The van der Waals surface area contributed by atoms with Gasteiger partial charge < -0.3 is 0 Å². The molecule has 0 saturated carbocycles. The summed E-state index contributed by atoms with van der Waals surface area (Å²) in [6.45, 7) is 7.47. The SMILES string of the molecule is c1cc(-c2ccc(CN3CCN(CCn4cncn4)CC3)s2)[nH]n1. The Kier molecular flexibility index (Phi) is 4.68. The molecular weight excluding hydrogens is 322 g/mol. The van der Waals surface area contributed by atoms with E-state index in [0.717, 1.165) is 51.5 Å². The molecule has 8 heteroatoms. The first kappa shape index (κ1) is 15.5. The summed E-state index contributed by atoms with van der Waals surface area (Å²) >= 11 is 1.85. The van der Waals surface area contributed by atoms with Gasteiger partial charge in [0.25, 0.3) is 0 Å². The second-order valence-electron chi connectivity index (χ2n) is 6.01. The van der Waals surface area contributed by atoms with Crippen molar-refractivity contribution in [1.29, 1.82) is 0 Å². The molecule has 1 saturated heterocycles. The van der Waals surface area contributed by atoms with Crippen molar-refractivity contribution in [2.45, 2.75) is 13.1 Å². The minimum Gasteiger partial charge on any atom is -0.299 e. The van der Waals surface area contributed by atoms with Gasteiger partial charge in [0.2, 0.25) is 0 Å². The highest BCUT2D eigenvalue weighted by Gasteiger charge is 2.17.